The van der Waals surface area contributed by atoms with Crippen molar-refractivity contribution in [2.45, 2.75) is 6.92 Å². The summed E-state index contributed by atoms with van der Waals surface area (Å²) in [7, 11) is 0. The smallest absolute Gasteiger partial charge is 0.266 e. The summed E-state index contributed by atoms with van der Waals surface area (Å²) in [5, 5.41) is 21.9. The Bertz CT molecular complexity index is 841. The average molecular weight is 392 g/mol. The Hall–Kier alpha value is -2.29. The van der Waals surface area contributed by atoms with E-state index in [-0.39, 0.29) is 11.3 Å². The van der Waals surface area contributed by atoms with Gasteiger partial charge in [-0.2, -0.15) is 5.26 Å². The molecule has 23 heavy (non-hydrogen) atoms. The Kier molecular flexibility index (Phi) is 5.43. The molecule has 0 aliphatic heterocycles. The first-order valence-electron chi connectivity index (χ1n) is 6.59. The number of nitrogens with one attached hydrogen (secondary N) is 1. The molecule has 2 N–H and O–H groups in total. The molecule has 2 aromatic carbocycles. The van der Waals surface area contributed by atoms with Crippen molar-refractivity contribution in [3.05, 3.63) is 62.6 Å². The molecule has 0 aromatic heterocycles. The molecule has 2 rings (SSSR count). The second kappa shape index (κ2) is 7.32. The molecule has 4 nitrogen and oxygen atoms in total. The van der Waals surface area contributed by atoms with Gasteiger partial charge in [0.2, 0.25) is 0 Å². The molecule has 116 valence electrons. The van der Waals surface area contributed by atoms with Gasteiger partial charge in [-0.3, -0.25) is 4.79 Å². The molecule has 0 aliphatic carbocycles. The Balaban J connectivity index is 2.28. The van der Waals surface area contributed by atoms with Crippen LogP contribution in [0.15, 0.2) is 46.4 Å². The summed E-state index contributed by atoms with van der Waals surface area (Å²) in [4.78, 5) is 12.3. The van der Waals surface area contributed by atoms with Gasteiger partial charge < -0.3 is 10.4 Å². The summed E-state index contributed by atoms with van der Waals surface area (Å²) in [6.07, 6.45) is 1.44. The van der Waals surface area contributed by atoms with Crippen molar-refractivity contribution in [1.82, 2.24) is 0 Å². The number of amides is 1. The summed E-state index contributed by atoms with van der Waals surface area (Å²) in [5.74, 6) is -0.443. The van der Waals surface area contributed by atoms with E-state index in [1.165, 1.54) is 12.1 Å². The van der Waals surface area contributed by atoms with Crippen molar-refractivity contribution in [3.63, 3.8) is 0 Å². The van der Waals surface area contributed by atoms with E-state index in [1.54, 1.807) is 37.3 Å². The van der Waals surface area contributed by atoms with Crippen molar-refractivity contribution >= 4 is 45.2 Å². The third-order valence-electron chi connectivity index (χ3n) is 3.16. The molecular formula is C17H12BrClN2O2. The normalized spacial score (nSPS) is 11.0. The number of nitriles is 1. The maximum atomic E-state index is 12.3. The molecule has 0 saturated heterocycles. The zero-order valence-electron chi connectivity index (χ0n) is 12.1. The summed E-state index contributed by atoms with van der Waals surface area (Å²) >= 11 is 9.20. The van der Waals surface area contributed by atoms with Crippen LogP contribution < -0.4 is 5.32 Å². The van der Waals surface area contributed by atoms with Gasteiger partial charge >= 0.3 is 0 Å². The van der Waals surface area contributed by atoms with Gasteiger partial charge in [-0.05, 0) is 64.3 Å². The zero-order chi connectivity index (χ0) is 17.0. The van der Waals surface area contributed by atoms with Crippen LogP contribution in [0.2, 0.25) is 5.02 Å². The van der Waals surface area contributed by atoms with Crippen LogP contribution in [0.3, 0.4) is 0 Å². The van der Waals surface area contributed by atoms with Gasteiger partial charge in [0.25, 0.3) is 5.91 Å². The second-order valence-electron chi connectivity index (χ2n) is 4.75. The maximum absolute atomic E-state index is 12.3. The number of halogens is 2. The topological polar surface area (TPSA) is 73.1 Å². The van der Waals surface area contributed by atoms with E-state index in [1.807, 2.05) is 6.07 Å². The highest BCUT2D eigenvalue weighted by Gasteiger charge is 2.12. The van der Waals surface area contributed by atoms with Crippen molar-refractivity contribution in [2.24, 2.45) is 0 Å². The quantitative estimate of drug-likeness (QED) is 0.590. The molecule has 0 heterocycles. The molecule has 0 unspecified atom stereocenters. The second-order valence-corrected chi connectivity index (χ2v) is 6.01. The van der Waals surface area contributed by atoms with Crippen molar-refractivity contribution in [1.29, 1.82) is 5.26 Å². The Labute approximate surface area is 147 Å². The van der Waals surface area contributed by atoms with Crippen molar-refractivity contribution < 1.29 is 9.90 Å². The van der Waals surface area contributed by atoms with Gasteiger partial charge in [-0.25, -0.2) is 0 Å². The first-order chi connectivity index (χ1) is 10.9. The molecule has 0 aliphatic rings. The lowest BCUT2D eigenvalue weighted by Gasteiger charge is -2.09. The number of carbonyl (C=O) groups is 1. The van der Waals surface area contributed by atoms with E-state index in [0.29, 0.717) is 20.7 Å². The van der Waals surface area contributed by atoms with E-state index in [0.717, 1.165) is 5.56 Å². The summed E-state index contributed by atoms with van der Waals surface area (Å²) in [6, 6.07) is 11.7. The van der Waals surface area contributed by atoms with Gasteiger partial charge in [0.15, 0.2) is 0 Å². The number of benzene rings is 2. The number of aromatic hydroxyl groups is 1. The van der Waals surface area contributed by atoms with Crippen molar-refractivity contribution in [2.75, 3.05) is 5.32 Å². The molecule has 0 saturated carbocycles. The first-order valence-corrected chi connectivity index (χ1v) is 7.76. The van der Waals surface area contributed by atoms with Gasteiger partial charge in [0.05, 0.1) is 4.47 Å². The highest BCUT2D eigenvalue weighted by atomic mass is 79.9. The molecule has 6 heteroatoms. The number of hydrogen-bond donors (Lipinski definition) is 2. The van der Waals surface area contributed by atoms with Crippen LogP contribution >= 0.6 is 27.5 Å². The Morgan fingerprint density at radius 1 is 1.39 bits per heavy atom. The fourth-order valence-electron chi connectivity index (χ4n) is 1.86. The number of rotatable bonds is 3. The van der Waals surface area contributed by atoms with Crippen molar-refractivity contribution in [3.8, 4) is 11.8 Å². The third kappa shape index (κ3) is 4.13. The molecule has 0 fully saturated rings. The highest BCUT2D eigenvalue weighted by molar-refractivity contribution is 9.10. The standard InChI is InChI=1S/C17H12BrClN2O2/c1-10-14(19)3-2-4-15(10)21-17(23)12(9-20)7-11-5-6-16(22)13(18)8-11/h2-8,22H,1H3,(H,21,23)/b12-7+. The minimum absolute atomic E-state index is 0.0537. The fraction of sp³-hybridized carbons (Fsp3) is 0.0588. The number of anilines is 1. The van der Waals surface area contributed by atoms with Gasteiger partial charge in [-0.15, -0.1) is 0 Å². The highest BCUT2D eigenvalue weighted by Crippen LogP contribution is 2.26. The number of phenols is 1. The molecule has 2 aromatic rings. The van der Waals surface area contributed by atoms with Gasteiger partial charge in [-0.1, -0.05) is 23.7 Å². The Morgan fingerprint density at radius 3 is 2.78 bits per heavy atom. The van der Waals surface area contributed by atoms with Crippen LogP contribution in [0.5, 0.6) is 5.75 Å². The lowest BCUT2D eigenvalue weighted by molar-refractivity contribution is -0.112. The summed E-state index contributed by atoms with van der Waals surface area (Å²) in [6.45, 7) is 1.78. The number of hydrogen-bond acceptors (Lipinski definition) is 3. The molecular weight excluding hydrogens is 380 g/mol. The van der Waals surface area contributed by atoms with Crippen LogP contribution in [0.4, 0.5) is 5.69 Å². The minimum atomic E-state index is -0.526. The number of carbonyl (C=O) groups excluding carboxylic acids is 1. The van der Waals surface area contributed by atoms with Crippen LogP contribution in [-0.2, 0) is 4.79 Å². The lowest BCUT2D eigenvalue weighted by Crippen LogP contribution is -2.14. The van der Waals surface area contributed by atoms with Crippen LogP contribution in [-0.4, -0.2) is 11.0 Å². The SMILES string of the molecule is Cc1c(Cl)cccc1NC(=O)/C(C#N)=C/c1ccc(O)c(Br)c1. The summed E-state index contributed by atoms with van der Waals surface area (Å²) < 4.78 is 0.481. The minimum Gasteiger partial charge on any atom is -0.507 e. The Morgan fingerprint density at radius 2 is 2.13 bits per heavy atom. The monoisotopic (exact) mass is 390 g/mol. The van der Waals surface area contributed by atoms with Crippen LogP contribution in [0.25, 0.3) is 6.08 Å². The van der Waals surface area contributed by atoms with Crippen LogP contribution in [0, 0.1) is 18.3 Å². The summed E-state index contributed by atoms with van der Waals surface area (Å²) in [5.41, 5.74) is 1.84. The molecule has 0 radical (unpaired) electrons. The molecule has 0 spiro atoms. The van der Waals surface area contributed by atoms with E-state index in [2.05, 4.69) is 21.2 Å². The van der Waals surface area contributed by atoms with E-state index >= 15 is 0 Å². The van der Waals surface area contributed by atoms with Crippen LogP contribution in [0.1, 0.15) is 11.1 Å². The fourth-order valence-corrected chi connectivity index (χ4v) is 2.43. The molecule has 1 amide bonds. The predicted molar refractivity (Wildman–Crippen MR) is 94.2 cm³/mol. The number of nitrogens with zero attached hydrogens (tertiary/aromatic N) is 1. The third-order valence-corrected chi connectivity index (χ3v) is 4.21. The van der Waals surface area contributed by atoms with E-state index < -0.39 is 5.91 Å². The number of phenolic OH excluding ortho intramolecular Hbond substituents is 1. The lowest BCUT2D eigenvalue weighted by atomic mass is 10.1. The van der Waals surface area contributed by atoms with E-state index in [4.69, 9.17) is 11.6 Å². The predicted octanol–water partition coefficient (Wildman–Crippen LogP) is 4.66. The van der Waals surface area contributed by atoms with Gasteiger partial charge in [0, 0.05) is 10.7 Å². The van der Waals surface area contributed by atoms with Gasteiger partial charge in [0.1, 0.15) is 17.4 Å². The molecule has 0 bridgehead atoms. The maximum Gasteiger partial charge on any atom is 0.266 e. The first kappa shape index (κ1) is 17.1. The molecule has 0 atom stereocenters. The van der Waals surface area contributed by atoms with E-state index in [9.17, 15) is 15.2 Å². The largest absolute Gasteiger partial charge is 0.507 e. The zero-order valence-corrected chi connectivity index (χ0v) is 14.4. The average Bonchev–Trinajstić information content (AvgIpc) is 2.52.